The monoisotopic (exact) mass is 388 g/mol. The molecule has 2 heterocycles. The molecule has 0 spiro atoms. The summed E-state index contributed by atoms with van der Waals surface area (Å²) in [6, 6.07) is 11.6. The summed E-state index contributed by atoms with van der Waals surface area (Å²) in [5.74, 6) is 0.530. The number of nitriles is 1. The normalized spacial score (nSPS) is 14.6. The Balaban J connectivity index is 1.49. The lowest BCUT2D eigenvalue weighted by Crippen LogP contribution is -2.49. The molecular formula is C20H19F3N4O. The largest absolute Gasteiger partial charge is 0.417 e. The van der Waals surface area contributed by atoms with Crippen LogP contribution in [-0.4, -0.2) is 42.0 Å². The zero-order valence-electron chi connectivity index (χ0n) is 15.1. The average Bonchev–Trinajstić information content (AvgIpc) is 2.72. The van der Waals surface area contributed by atoms with Crippen molar-refractivity contribution in [3.05, 3.63) is 59.3 Å². The first-order valence-corrected chi connectivity index (χ1v) is 8.92. The van der Waals surface area contributed by atoms with Gasteiger partial charge in [-0.2, -0.15) is 18.4 Å². The van der Waals surface area contributed by atoms with Crippen LogP contribution in [-0.2, 0) is 17.4 Å². The van der Waals surface area contributed by atoms with Gasteiger partial charge < -0.3 is 9.80 Å². The van der Waals surface area contributed by atoms with Crippen molar-refractivity contribution in [2.24, 2.45) is 0 Å². The van der Waals surface area contributed by atoms with Crippen molar-refractivity contribution in [1.29, 1.82) is 5.26 Å². The van der Waals surface area contributed by atoms with E-state index in [1.165, 1.54) is 6.07 Å². The SMILES string of the molecule is N#Cc1ccc(CCC(=O)N2CCN(c3ccc(C(F)(F)F)cn3)CC2)cc1. The smallest absolute Gasteiger partial charge is 0.353 e. The number of piperazine rings is 1. The lowest BCUT2D eigenvalue weighted by Gasteiger charge is -2.35. The fourth-order valence-electron chi connectivity index (χ4n) is 3.08. The Labute approximate surface area is 161 Å². The number of hydrogen-bond acceptors (Lipinski definition) is 4. The second-order valence-electron chi connectivity index (χ2n) is 6.58. The lowest BCUT2D eigenvalue weighted by molar-refractivity contribution is -0.137. The minimum absolute atomic E-state index is 0.0457. The van der Waals surface area contributed by atoms with Crippen molar-refractivity contribution >= 4 is 11.7 Å². The number of anilines is 1. The second kappa shape index (κ2) is 8.30. The third kappa shape index (κ3) is 4.80. The number of alkyl halides is 3. The Hall–Kier alpha value is -3.08. The zero-order valence-corrected chi connectivity index (χ0v) is 15.1. The van der Waals surface area contributed by atoms with Crippen LogP contribution in [0.5, 0.6) is 0 Å². The molecule has 8 heteroatoms. The molecule has 1 aliphatic rings. The van der Waals surface area contributed by atoms with Crippen molar-refractivity contribution in [1.82, 2.24) is 9.88 Å². The minimum atomic E-state index is -4.40. The molecule has 1 fully saturated rings. The molecule has 5 nitrogen and oxygen atoms in total. The summed E-state index contributed by atoms with van der Waals surface area (Å²) in [5.41, 5.74) is 0.816. The number of nitrogens with zero attached hydrogens (tertiary/aromatic N) is 4. The van der Waals surface area contributed by atoms with Gasteiger partial charge in [0.25, 0.3) is 0 Å². The molecule has 0 radical (unpaired) electrons. The van der Waals surface area contributed by atoms with Crippen LogP contribution < -0.4 is 4.90 Å². The summed E-state index contributed by atoms with van der Waals surface area (Å²) in [4.78, 5) is 20.0. The number of pyridine rings is 1. The van der Waals surface area contributed by atoms with Crippen LogP contribution in [0.3, 0.4) is 0 Å². The van der Waals surface area contributed by atoms with E-state index in [1.54, 1.807) is 17.0 Å². The van der Waals surface area contributed by atoms with Gasteiger partial charge in [0, 0.05) is 38.8 Å². The van der Waals surface area contributed by atoms with Crippen molar-refractivity contribution in [2.45, 2.75) is 19.0 Å². The molecule has 2 aromatic rings. The zero-order chi connectivity index (χ0) is 20.1. The standard InChI is InChI=1S/C20H19F3N4O/c21-20(22,23)17-6-7-18(25-14-17)26-9-11-27(12-10-26)19(28)8-5-15-1-3-16(13-24)4-2-15/h1-4,6-7,14H,5,8-12H2. The van der Waals surface area contributed by atoms with Gasteiger partial charge in [-0.1, -0.05) is 12.1 Å². The van der Waals surface area contributed by atoms with E-state index in [1.807, 2.05) is 17.0 Å². The van der Waals surface area contributed by atoms with E-state index in [4.69, 9.17) is 5.26 Å². The van der Waals surface area contributed by atoms with Gasteiger partial charge in [0.05, 0.1) is 17.2 Å². The van der Waals surface area contributed by atoms with Crippen LogP contribution in [0.2, 0.25) is 0 Å². The van der Waals surface area contributed by atoms with Crippen molar-refractivity contribution in [3.63, 3.8) is 0 Å². The molecule has 1 saturated heterocycles. The van der Waals surface area contributed by atoms with Crippen molar-refractivity contribution < 1.29 is 18.0 Å². The number of halogens is 3. The van der Waals surface area contributed by atoms with Crippen molar-refractivity contribution in [2.75, 3.05) is 31.1 Å². The van der Waals surface area contributed by atoms with Gasteiger partial charge in [0.2, 0.25) is 5.91 Å². The summed E-state index contributed by atoms with van der Waals surface area (Å²) in [6.07, 6.45) is -2.58. The highest BCUT2D eigenvalue weighted by Gasteiger charge is 2.31. The Morgan fingerprint density at radius 2 is 1.75 bits per heavy atom. The van der Waals surface area contributed by atoms with E-state index in [0.29, 0.717) is 50.4 Å². The first-order chi connectivity index (χ1) is 13.4. The molecule has 1 aromatic carbocycles. The highest BCUT2D eigenvalue weighted by Crippen LogP contribution is 2.29. The number of carbonyl (C=O) groups is 1. The van der Waals surface area contributed by atoms with Gasteiger partial charge in [0.15, 0.2) is 0 Å². The molecule has 1 amide bonds. The van der Waals surface area contributed by atoms with Gasteiger partial charge in [-0.05, 0) is 36.2 Å². The van der Waals surface area contributed by atoms with E-state index >= 15 is 0 Å². The molecule has 0 aliphatic carbocycles. The molecule has 3 rings (SSSR count). The van der Waals surface area contributed by atoms with Crippen LogP contribution in [0.25, 0.3) is 0 Å². The molecule has 146 valence electrons. The molecule has 0 bridgehead atoms. The summed E-state index contributed by atoms with van der Waals surface area (Å²) in [5, 5.41) is 8.80. The number of benzene rings is 1. The predicted molar refractivity (Wildman–Crippen MR) is 97.5 cm³/mol. The third-order valence-electron chi connectivity index (χ3n) is 4.74. The van der Waals surface area contributed by atoms with Crippen LogP contribution in [0.15, 0.2) is 42.6 Å². The van der Waals surface area contributed by atoms with Crippen LogP contribution in [0, 0.1) is 11.3 Å². The maximum atomic E-state index is 12.6. The van der Waals surface area contributed by atoms with Crippen LogP contribution >= 0.6 is 0 Å². The number of carbonyl (C=O) groups excluding carboxylic acids is 1. The van der Waals surface area contributed by atoms with Crippen LogP contribution in [0.4, 0.5) is 19.0 Å². The highest BCUT2D eigenvalue weighted by atomic mass is 19.4. The summed E-state index contributed by atoms with van der Waals surface area (Å²) >= 11 is 0. The third-order valence-corrected chi connectivity index (χ3v) is 4.74. The quantitative estimate of drug-likeness (QED) is 0.807. The Morgan fingerprint density at radius 1 is 1.07 bits per heavy atom. The fraction of sp³-hybridized carbons (Fsp3) is 0.350. The maximum Gasteiger partial charge on any atom is 0.417 e. The molecule has 0 atom stereocenters. The molecule has 0 unspecified atom stereocenters. The predicted octanol–water partition coefficient (Wildman–Crippen LogP) is 3.25. The van der Waals surface area contributed by atoms with E-state index < -0.39 is 11.7 Å². The Bertz CT molecular complexity index is 849. The van der Waals surface area contributed by atoms with Gasteiger partial charge in [-0.25, -0.2) is 4.98 Å². The Morgan fingerprint density at radius 3 is 2.29 bits per heavy atom. The molecule has 0 N–H and O–H groups in total. The Kier molecular flexibility index (Phi) is 5.83. The van der Waals surface area contributed by atoms with E-state index in [9.17, 15) is 18.0 Å². The lowest BCUT2D eigenvalue weighted by atomic mass is 10.1. The summed E-state index contributed by atoms with van der Waals surface area (Å²) < 4.78 is 37.9. The number of rotatable bonds is 4. The molecular weight excluding hydrogens is 369 g/mol. The molecule has 28 heavy (non-hydrogen) atoms. The van der Waals surface area contributed by atoms with Crippen LogP contribution in [0.1, 0.15) is 23.1 Å². The van der Waals surface area contributed by atoms with Gasteiger partial charge in [-0.3, -0.25) is 4.79 Å². The van der Waals surface area contributed by atoms with Gasteiger partial charge in [0.1, 0.15) is 5.82 Å². The maximum absolute atomic E-state index is 12.6. The first kappa shape index (κ1) is 19.7. The number of amides is 1. The molecule has 0 saturated carbocycles. The van der Waals surface area contributed by atoms with Crippen molar-refractivity contribution in [3.8, 4) is 6.07 Å². The fourth-order valence-corrected chi connectivity index (χ4v) is 3.08. The second-order valence-corrected chi connectivity index (χ2v) is 6.58. The summed E-state index contributed by atoms with van der Waals surface area (Å²) in [6.45, 7) is 2.08. The number of aryl methyl sites for hydroxylation is 1. The number of aromatic nitrogens is 1. The van der Waals surface area contributed by atoms with E-state index in [0.717, 1.165) is 17.8 Å². The molecule has 1 aromatic heterocycles. The molecule has 1 aliphatic heterocycles. The van der Waals surface area contributed by atoms with E-state index in [-0.39, 0.29) is 5.91 Å². The minimum Gasteiger partial charge on any atom is -0.353 e. The topological polar surface area (TPSA) is 60.2 Å². The summed E-state index contributed by atoms with van der Waals surface area (Å²) in [7, 11) is 0. The van der Waals surface area contributed by atoms with Gasteiger partial charge >= 0.3 is 6.18 Å². The first-order valence-electron chi connectivity index (χ1n) is 8.92. The van der Waals surface area contributed by atoms with Gasteiger partial charge in [-0.15, -0.1) is 0 Å². The average molecular weight is 388 g/mol. The number of hydrogen-bond donors (Lipinski definition) is 0. The van der Waals surface area contributed by atoms with E-state index in [2.05, 4.69) is 11.1 Å². The highest BCUT2D eigenvalue weighted by molar-refractivity contribution is 5.76.